The topological polar surface area (TPSA) is 77.8 Å². The van der Waals surface area contributed by atoms with Crippen LogP contribution in [0.5, 0.6) is 0 Å². The van der Waals surface area contributed by atoms with Crippen molar-refractivity contribution in [2.45, 2.75) is 19.8 Å². The number of aromatic nitrogens is 2. The molecule has 2 aromatic heterocycles. The highest BCUT2D eigenvalue weighted by atomic mass is 16.1. The van der Waals surface area contributed by atoms with E-state index in [4.69, 9.17) is 0 Å². The number of pyridine rings is 1. The number of rotatable bonds is 3. The quantitative estimate of drug-likeness (QED) is 0.515. The van der Waals surface area contributed by atoms with E-state index >= 15 is 0 Å². The van der Waals surface area contributed by atoms with Crippen LogP contribution < -0.4 is 10.9 Å². The molecule has 5 heteroatoms. The summed E-state index contributed by atoms with van der Waals surface area (Å²) in [6.45, 7) is 4.11. The number of benzene rings is 2. The molecule has 0 fully saturated rings. The minimum absolute atomic E-state index is 0.136. The molecule has 5 nitrogen and oxygen atoms in total. The molecule has 26 heavy (non-hydrogen) atoms. The van der Waals surface area contributed by atoms with Gasteiger partial charge < -0.3 is 15.3 Å². The molecule has 4 rings (SSSR count). The lowest BCUT2D eigenvalue weighted by molar-refractivity contribution is 0.102. The van der Waals surface area contributed by atoms with Crippen LogP contribution in [0.15, 0.2) is 59.5 Å². The van der Waals surface area contributed by atoms with E-state index < -0.39 is 0 Å². The van der Waals surface area contributed by atoms with E-state index in [9.17, 15) is 9.59 Å². The van der Waals surface area contributed by atoms with E-state index in [-0.39, 0.29) is 17.4 Å². The highest BCUT2D eigenvalue weighted by Crippen LogP contribution is 2.25. The van der Waals surface area contributed by atoms with Crippen LogP contribution in [0.1, 0.15) is 35.7 Å². The lowest BCUT2D eigenvalue weighted by atomic mass is 9.99. The number of aromatic amines is 2. The molecule has 2 aromatic carbocycles. The van der Waals surface area contributed by atoms with E-state index in [1.807, 2.05) is 36.5 Å². The molecule has 2 heterocycles. The molecule has 0 unspecified atom stereocenters. The van der Waals surface area contributed by atoms with Crippen molar-refractivity contribution >= 4 is 33.4 Å². The van der Waals surface area contributed by atoms with Gasteiger partial charge in [0.2, 0.25) is 5.56 Å². The summed E-state index contributed by atoms with van der Waals surface area (Å²) in [6.07, 6.45) is 1.85. The highest BCUT2D eigenvalue weighted by molar-refractivity contribution is 6.07. The van der Waals surface area contributed by atoms with E-state index in [0.29, 0.717) is 11.3 Å². The highest BCUT2D eigenvalue weighted by Gasteiger charge is 2.11. The van der Waals surface area contributed by atoms with Crippen LogP contribution in [0.2, 0.25) is 0 Å². The summed E-state index contributed by atoms with van der Waals surface area (Å²) in [4.78, 5) is 30.4. The molecule has 0 aliphatic rings. The predicted octanol–water partition coefficient (Wildman–Crippen LogP) is 4.39. The van der Waals surface area contributed by atoms with Crippen molar-refractivity contribution in [3.05, 3.63) is 76.2 Å². The van der Waals surface area contributed by atoms with Gasteiger partial charge in [-0.05, 0) is 47.9 Å². The number of carbonyl (C=O) groups is 1. The molecule has 0 saturated heterocycles. The third kappa shape index (κ3) is 2.88. The first-order valence-corrected chi connectivity index (χ1v) is 8.57. The van der Waals surface area contributed by atoms with Gasteiger partial charge in [0.05, 0.1) is 5.52 Å². The Balaban J connectivity index is 1.68. The Labute approximate surface area is 150 Å². The van der Waals surface area contributed by atoms with Crippen molar-refractivity contribution in [2.75, 3.05) is 5.32 Å². The first-order valence-electron chi connectivity index (χ1n) is 8.57. The maximum absolute atomic E-state index is 12.6. The zero-order valence-electron chi connectivity index (χ0n) is 14.6. The normalized spacial score (nSPS) is 11.3. The molecule has 4 aromatic rings. The van der Waals surface area contributed by atoms with E-state index in [2.05, 4.69) is 29.1 Å². The van der Waals surface area contributed by atoms with Crippen molar-refractivity contribution in [3.63, 3.8) is 0 Å². The van der Waals surface area contributed by atoms with Crippen LogP contribution in [-0.4, -0.2) is 15.9 Å². The average molecular weight is 345 g/mol. The monoisotopic (exact) mass is 345 g/mol. The van der Waals surface area contributed by atoms with Gasteiger partial charge in [-0.25, -0.2) is 0 Å². The number of carbonyl (C=O) groups excluding carboxylic acids is 1. The number of fused-ring (bicyclic) bond motifs is 2. The van der Waals surface area contributed by atoms with Crippen LogP contribution in [0, 0.1) is 0 Å². The summed E-state index contributed by atoms with van der Waals surface area (Å²) in [7, 11) is 0. The third-order valence-electron chi connectivity index (χ3n) is 4.57. The third-order valence-corrected chi connectivity index (χ3v) is 4.57. The van der Waals surface area contributed by atoms with Crippen molar-refractivity contribution in [1.82, 2.24) is 9.97 Å². The maximum Gasteiger partial charge on any atom is 0.255 e. The zero-order chi connectivity index (χ0) is 18.3. The fourth-order valence-corrected chi connectivity index (χ4v) is 3.24. The Morgan fingerprint density at radius 3 is 2.65 bits per heavy atom. The summed E-state index contributed by atoms with van der Waals surface area (Å²) in [5, 5.41) is 4.88. The van der Waals surface area contributed by atoms with E-state index in [1.165, 1.54) is 0 Å². The number of anilines is 1. The molecular weight excluding hydrogens is 326 g/mol. The fraction of sp³-hybridized carbons (Fsp3) is 0.143. The van der Waals surface area contributed by atoms with E-state index in [1.54, 1.807) is 18.2 Å². The zero-order valence-corrected chi connectivity index (χ0v) is 14.6. The molecule has 0 bridgehead atoms. The molecule has 0 saturated carbocycles. The minimum atomic E-state index is -0.185. The molecular formula is C21H19N3O2. The van der Waals surface area contributed by atoms with Gasteiger partial charge in [-0.15, -0.1) is 0 Å². The van der Waals surface area contributed by atoms with E-state index in [0.717, 1.165) is 27.4 Å². The second-order valence-electron chi connectivity index (χ2n) is 6.74. The number of nitrogens with one attached hydrogen (secondary N) is 3. The smallest absolute Gasteiger partial charge is 0.255 e. The molecule has 0 aliphatic carbocycles. The van der Waals surface area contributed by atoms with Gasteiger partial charge in [0.25, 0.3) is 5.91 Å². The second kappa shape index (κ2) is 6.19. The Kier molecular flexibility index (Phi) is 3.84. The molecule has 3 N–H and O–H groups in total. The van der Waals surface area contributed by atoms with Crippen LogP contribution in [0.4, 0.5) is 5.69 Å². The van der Waals surface area contributed by atoms with Crippen molar-refractivity contribution in [2.24, 2.45) is 0 Å². The molecule has 0 radical (unpaired) electrons. The van der Waals surface area contributed by atoms with Gasteiger partial charge >= 0.3 is 0 Å². The summed E-state index contributed by atoms with van der Waals surface area (Å²) in [6, 6.07) is 14.7. The molecule has 0 aliphatic heterocycles. The number of hydrogen-bond donors (Lipinski definition) is 3. The summed E-state index contributed by atoms with van der Waals surface area (Å²) in [5.41, 5.74) is 3.81. The Hall–Kier alpha value is -3.34. The second-order valence-corrected chi connectivity index (χ2v) is 6.74. The predicted molar refractivity (Wildman–Crippen MR) is 105 cm³/mol. The first-order chi connectivity index (χ1) is 12.5. The molecule has 1 amide bonds. The fourth-order valence-electron chi connectivity index (χ4n) is 3.24. The Morgan fingerprint density at radius 1 is 1.00 bits per heavy atom. The summed E-state index contributed by atoms with van der Waals surface area (Å²) >= 11 is 0. The van der Waals surface area contributed by atoms with Gasteiger partial charge in [-0.1, -0.05) is 19.9 Å². The SMILES string of the molecule is CC(C)c1cc(=O)[nH]c2cc(NC(=O)c3ccc4[nH]ccc4c3)ccc12. The van der Waals surface area contributed by atoms with Gasteiger partial charge in [0.15, 0.2) is 0 Å². The van der Waals surface area contributed by atoms with Crippen LogP contribution >= 0.6 is 0 Å². The van der Waals surface area contributed by atoms with Gasteiger partial charge in [-0.2, -0.15) is 0 Å². The van der Waals surface area contributed by atoms with Crippen molar-refractivity contribution in [3.8, 4) is 0 Å². The molecule has 0 spiro atoms. The number of H-pyrrole nitrogens is 2. The Bertz CT molecular complexity index is 1180. The summed E-state index contributed by atoms with van der Waals surface area (Å²) < 4.78 is 0. The number of amides is 1. The minimum Gasteiger partial charge on any atom is -0.361 e. The Morgan fingerprint density at radius 2 is 1.85 bits per heavy atom. The van der Waals surface area contributed by atoms with Crippen LogP contribution in [0.3, 0.4) is 0 Å². The first kappa shape index (κ1) is 16.1. The number of hydrogen-bond acceptors (Lipinski definition) is 2. The largest absolute Gasteiger partial charge is 0.361 e. The summed E-state index contributed by atoms with van der Waals surface area (Å²) in [5.74, 6) is 0.0585. The molecule has 0 atom stereocenters. The van der Waals surface area contributed by atoms with Crippen LogP contribution in [-0.2, 0) is 0 Å². The van der Waals surface area contributed by atoms with Crippen molar-refractivity contribution < 1.29 is 4.79 Å². The standard InChI is InChI=1S/C21H19N3O2/c1-12(2)17-11-20(25)24-19-10-15(4-5-16(17)19)23-21(26)14-3-6-18-13(9-14)7-8-22-18/h3-12,22H,1-2H3,(H,23,26)(H,24,25). The maximum atomic E-state index is 12.6. The van der Waals surface area contributed by atoms with Crippen molar-refractivity contribution in [1.29, 1.82) is 0 Å². The lowest BCUT2D eigenvalue weighted by Crippen LogP contribution is -2.12. The van der Waals surface area contributed by atoms with Gasteiger partial charge in [-0.3, -0.25) is 9.59 Å². The van der Waals surface area contributed by atoms with Gasteiger partial charge in [0.1, 0.15) is 0 Å². The van der Waals surface area contributed by atoms with Gasteiger partial charge in [0, 0.05) is 39.8 Å². The average Bonchev–Trinajstić information content (AvgIpc) is 3.08. The molecule has 130 valence electrons. The van der Waals surface area contributed by atoms with Crippen LogP contribution in [0.25, 0.3) is 21.8 Å². The lowest BCUT2D eigenvalue weighted by Gasteiger charge is -2.11.